The molecule has 0 amide bonds. The van der Waals surface area contributed by atoms with Crippen LogP contribution in [0.3, 0.4) is 0 Å². The predicted molar refractivity (Wildman–Crippen MR) is 367 cm³/mol. The van der Waals surface area contributed by atoms with Gasteiger partial charge in [0, 0.05) is 25.7 Å². The fourth-order valence-electron chi connectivity index (χ4n) is 10.8. The van der Waals surface area contributed by atoms with Crippen molar-refractivity contribution in [2.24, 2.45) is 23.7 Å². The highest BCUT2D eigenvalue weighted by atomic mass is 31.2. The molecule has 0 bridgehead atoms. The van der Waals surface area contributed by atoms with Gasteiger partial charge in [0.1, 0.15) is 19.3 Å². The smallest absolute Gasteiger partial charge is 0.462 e. The molecule has 0 aromatic carbocycles. The zero-order chi connectivity index (χ0) is 67.5. The number of carbonyl (C=O) groups is 4. The first-order chi connectivity index (χ1) is 43.6. The highest BCUT2D eigenvalue weighted by Gasteiger charge is 2.30. The molecule has 17 nitrogen and oxygen atoms in total. The third-order valence-corrected chi connectivity index (χ3v) is 18.8. The largest absolute Gasteiger partial charge is 0.472 e. The molecule has 0 aliphatic heterocycles. The average Bonchev–Trinajstić information content (AvgIpc) is 3.41. The molecule has 0 aromatic heterocycles. The van der Waals surface area contributed by atoms with Gasteiger partial charge in [-0.3, -0.25) is 37.3 Å². The maximum atomic E-state index is 13.0. The van der Waals surface area contributed by atoms with Crippen LogP contribution in [-0.4, -0.2) is 96.7 Å². The third kappa shape index (κ3) is 65.1. The second kappa shape index (κ2) is 61.6. The van der Waals surface area contributed by atoms with Gasteiger partial charge in [0.2, 0.25) is 0 Å². The molecule has 0 saturated carbocycles. The maximum absolute atomic E-state index is 13.0. The number of aliphatic hydroxyl groups excluding tert-OH is 1. The number of rotatable bonds is 69. The van der Waals surface area contributed by atoms with Gasteiger partial charge in [0.05, 0.1) is 26.4 Å². The molecule has 0 heterocycles. The molecule has 0 saturated heterocycles. The highest BCUT2D eigenvalue weighted by molar-refractivity contribution is 7.47. The summed E-state index contributed by atoms with van der Waals surface area (Å²) < 4.78 is 68.3. The summed E-state index contributed by atoms with van der Waals surface area (Å²) in [7, 11) is -9.90. The van der Waals surface area contributed by atoms with Gasteiger partial charge >= 0.3 is 39.5 Å². The van der Waals surface area contributed by atoms with Crippen molar-refractivity contribution >= 4 is 39.5 Å². The van der Waals surface area contributed by atoms with E-state index in [4.69, 9.17) is 37.0 Å². The van der Waals surface area contributed by atoms with E-state index in [1.54, 1.807) is 0 Å². The van der Waals surface area contributed by atoms with Crippen LogP contribution in [-0.2, 0) is 65.4 Å². The van der Waals surface area contributed by atoms with Crippen LogP contribution < -0.4 is 0 Å². The SMILES string of the molecule is CCC(C)CCCCCCCCCCCCC(=O)O[C@H](COC(=O)CCCCCCCCC(C)C)COP(=O)(O)OCC(O)COP(=O)(O)OC[C@@H](COC(=O)CCCCCCCCCC(C)C)OC(=O)CCCCCCCCCCCCCCCCCC(C)C. The summed E-state index contributed by atoms with van der Waals surface area (Å²) in [4.78, 5) is 72.6. The fraction of sp³-hybridized carbons (Fsp3) is 0.944. The molecule has 0 fully saturated rings. The molecule has 0 rings (SSSR count). The van der Waals surface area contributed by atoms with Gasteiger partial charge in [-0.05, 0) is 49.4 Å². The van der Waals surface area contributed by atoms with Crippen LogP contribution in [0.5, 0.6) is 0 Å². The minimum absolute atomic E-state index is 0.105. The first kappa shape index (κ1) is 89.1. The Kier molecular flexibility index (Phi) is 60.3. The second-order valence-corrected chi connectivity index (χ2v) is 30.6. The minimum Gasteiger partial charge on any atom is -0.462 e. The number of hydrogen-bond donors (Lipinski definition) is 3. The van der Waals surface area contributed by atoms with Crippen molar-refractivity contribution in [2.75, 3.05) is 39.6 Å². The van der Waals surface area contributed by atoms with E-state index in [1.165, 1.54) is 148 Å². The number of esters is 4. The van der Waals surface area contributed by atoms with Crippen LogP contribution in [0.2, 0.25) is 0 Å². The molecule has 0 aliphatic rings. The molecule has 19 heteroatoms. The van der Waals surface area contributed by atoms with Crippen molar-refractivity contribution < 1.29 is 80.2 Å². The molecule has 0 spiro atoms. The number of phosphoric acid groups is 2. The summed E-state index contributed by atoms with van der Waals surface area (Å²) in [5.41, 5.74) is 0. The van der Waals surface area contributed by atoms with Crippen LogP contribution >= 0.6 is 15.6 Å². The van der Waals surface area contributed by atoms with E-state index < -0.39 is 97.5 Å². The van der Waals surface area contributed by atoms with Gasteiger partial charge in [-0.1, -0.05) is 306 Å². The first-order valence-electron chi connectivity index (χ1n) is 37.2. The Morgan fingerprint density at radius 3 is 0.780 bits per heavy atom. The normalized spacial score (nSPS) is 14.5. The number of hydrogen-bond acceptors (Lipinski definition) is 15. The molecule has 0 aromatic rings. The van der Waals surface area contributed by atoms with Crippen LogP contribution in [0, 0.1) is 23.7 Å². The molecular formula is C72H140O17P2. The number of aliphatic hydroxyl groups is 1. The summed E-state index contributed by atoms with van der Waals surface area (Å²) in [5.74, 6) is 0.861. The van der Waals surface area contributed by atoms with Crippen LogP contribution in [0.4, 0.5) is 0 Å². The Balaban J connectivity index is 5.21. The lowest BCUT2D eigenvalue weighted by molar-refractivity contribution is -0.161. The van der Waals surface area contributed by atoms with E-state index in [-0.39, 0.29) is 25.7 Å². The maximum Gasteiger partial charge on any atom is 0.472 e. The molecule has 3 N–H and O–H groups in total. The Morgan fingerprint density at radius 1 is 0.308 bits per heavy atom. The summed E-state index contributed by atoms with van der Waals surface area (Å²) in [6.07, 6.45) is 44.6. The topological polar surface area (TPSA) is 237 Å². The number of unbranched alkanes of at least 4 members (excludes halogenated alkanes) is 34. The van der Waals surface area contributed by atoms with E-state index >= 15 is 0 Å². The van der Waals surface area contributed by atoms with E-state index in [1.807, 2.05) is 0 Å². The fourth-order valence-corrected chi connectivity index (χ4v) is 12.4. The molecular weight excluding hydrogens is 1200 g/mol. The molecule has 0 radical (unpaired) electrons. The van der Waals surface area contributed by atoms with E-state index in [2.05, 4.69) is 55.4 Å². The Bertz CT molecular complexity index is 1800. The first-order valence-corrected chi connectivity index (χ1v) is 40.2. The number of phosphoric ester groups is 2. The van der Waals surface area contributed by atoms with E-state index in [0.717, 1.165) is 115 Å². The standard InChI is InChI=1S/C72H140O17P2/c1-9-65(8)51-43-35-26-20-17-18-22-28-39-47-55-72(77)89-68(59-83-70(75)53-45-37-31-30-34-42-50-64(6)7)61-87-91(80,81)85-57-66(73)56-84-90(78,79)86-60-67(58-82-69(74)52-44-36-29-23-25-33-41-49-63(4)5)88-71(76)54-46-38-27-21-16-14-12-10-11-13-15-19-24-32-40-48-62(2)3/h62-68,73H,9-61H2,1-8H3,(H,78,79)(H,80,81)/t65?,66?,67-,68-/m1/s1. The summed E-state index contributed by atoms with van der Waals surface area (Å²) >= 11 is 0. The Labute approximate surface area is 556 Å². The summed E-state index contributed by atoms with van der Waals surface area (Å²) in [6, 6.07) is 0. The van der Waals surface area contributed by atoms with Gasteiger partial charge in [0.15, 0.2) is 12.2 Å². The zero-order valence-electron chi connectivity index (χ0n) is 59.5. The van der Waals surface area contributed by atoms with Crippen molar-refractivity contribution in [1.82, 2.24) is 0 Å². The average molecular weight is 1340 g/mol. The monoisotopic (exact) mass is 1340 g/mol. The predicted octanol–water partition coefficient (Wildman–Crippen LogP) is 20.5. The lowest BCUT2D eigenvalue weighted by Gasteiger charge is -2.21. The third-order valence-electron chi connectivity index (χ3n) is 16.9. The van der Waals surface area contributed by atoms with E-state index in [0.29, 0.717) is 37.5 Å². The quantitative estimate of drug-likeness (QED) is 0.0222. The molecule has 4 unspecified atom stereocenters. The van der Waals surface area contributed by atoms with Gasteiger partial charge in [0.25, 0.3) is 0 Å². The van der Waals surface area contributed by atoms with Gasteiger partial charge in [-0.15, -0.1) is 0 Å². The van der Waals surface area contributed by atoms with Crippen molar-refractivity contribution in [3.8, 4) is 0 Å². The van der Waals surface area contributed by atoms with Crippen molar-refractivity contribution in [3.63, 3.8) is 0 Å². The van der Waals surface area contributed by atoms with Crippen molar-refractivity contribution in [1.29, 1.82) is 0 Å². The lowest BCUT2D eigenvalue weighted by Crippen LogP contribution is -2.30. The second-order valence-electron chi connectivity index (χ2n) is 27.6. The molecule has 540 valence electrons. The Hall–Kier alpha value is -1.94. The van der Waals surface area contributed by atoms with E-state index in [9.17, 15) is 43.2 Å². The van der Waals surface area contributed by atoms with Crippen LogP contribution in [0.15, 0.2) is 0 Å². The lowest BCUT2D eigenvalue weighted by atomic mass is 9.99. The van der Waals surface area contributed by atoms with Crippen molar-refractivity contribution in [2.45, 2.75) is 375 Å². The van der Waals surface area contributed by atoms with Gasteiger partial charge in [-0.2, -0.15) is 0 Å². The zero-order valence-corrected chi connectivity index (χ0v) is 61.3. The number of carbonyl (C=O) groups excluding carboxylic acids is 4. The summed E-state index contributed by atoms with van der Waals surface area (Å²) in [6.45, 7) is 14.1. The minimum atomic E-state index is -4.95. The highest BCUT2D eigenvalue weighted by Crippen LogP contribution is 2.45. The molecule has 0 aliphatic carbocycles. The Morgan fingerprint density at radius 2 is 0.527 bits per heavy atom. The van der Waals surface area contributed by atoms with Gasteiger partial charge in [-0.25, -0.2) is 9.13 Å². The molecule has 91 heavy (non-hydrogen) atoms. The van der Waals surface area contributed by atoms with Crippen LogP contribution in [0.1, 0.15) is 357 Å². The molecule has 6 atom stereocenters. The van der Waals surface area contributed by atoms with Gasteiger partial charge < -0.3 is 33.8 Å². The number of ether oxygens (including phenoxy) is 4. The van der Waals surface area contributed by atoms with Crippen molar-refractivity contribution in [3.05, 3.63) is 0 Å². The van der Waals surface area contributed by atoms with Crippen LogP contribution in [0.25, 0.3) is 0 Å². The summed E-state index contributed by atoms with van der Waals surface area (Å²) in [5, 5.41) is 10.6.